The Kier molecular flexibility index (Phi) is 11.1. The van der Waals surface area contributed by atoms with Crippen molar-refractivity contribution in [1.82, 2.24) is 4.90 Å². The Hall–Kier alpha value is -1.39. The van der Waals surface area contributed by atoms with Crippen molar-refractivity contribution >= 4 is 5.97 Å². The van der Waals surface area contributed by atoms with Gasteiger partial charge in [0.15, 0.2) is 0 Å². The fourth-order valence-corrected chi connectivity index (χ4v) is 6.33. The van der Waals surface area contributed by atoms with E-state index in [0.717, 1.165) is 31.9 Å². The molecule has 3 atom stereocenters. The van der Waals surface area contributed by atoms with Crippen molar-refractivity contribution in [3.8, 4) is 0 Å². The molecule has 2 bridgehead atoms. The molecule has 0 radical (unpaired) electrons. The summed E-state index contributed by atoms with van der Waals surface area (Å²) in [5.41, 5.74) is 1.84. The molecule has 2 saturated carbocycles. The highest BCUT2D eigenvalue weighted by Crippen LogP contribution is 2.73. The van der Waals surface area contributed by atoms with Crippen molar-refractivity contribution in [2.45, 2.75) is 104 Å². The first kappa shape index (κ1) is 28.8. The molecule has 4 heteroatoms. The van der Waals surface area contributed by atoms with Crippen molar-refractivity contribution in [3.63, 3.8) is 0 Å². The predicted octanol–water partition coefficient (Wildman–Crippen LogP) is 7.52. The van der Waals surface area contributed by atoms with Gasteiger partial charge in [-0.2, -0.15) is 0 Å². The second kappa shape index (κ2) is 13.1. The van der Waals surface area contributed by atoms with E-state index in [1.807, 2.05) is 0 Å². The Morgan fingerprint density at radius 2 is 1.65 bits per heavy atom. The summed E-state index contributed by atoms with van der Waals surface area (Å²) in [6.07, 6.45) is 12.5. The Bertz CT molecular complexity index is 732. The largest absolute Gasteiger partial charge is 0.481 e. The zero-order valence-electron chi connectivity index (χ0n) is 22.9. The minimum Gasteiger partial charge on any atom is -0.481 e. The van der Waals surface area contributed by atoms with E-state index in [1.165, 1.54) is 56.9 Å². The first-order valence-electron chi connectivity index (χ1n) is 13.7. The van der Waals surface area contributed by atoms with Gasteiger partial charge in [0.05, 0.1) is 12.2 Å². The third-order valence-electron chi connectivity index (χ3n) is 8.98. The average molecular weight is 474 g/mol. The average Bonchev–Trinajstić information content (AvgIpc) is 3.12. The first-order valence-corrected chi connectivity index (χ1v) is 13.7. The number of hydrogen-bond acceptors (Lipinski definition) is 3. The number of ether oxygens (including phenoxy) is 1. The Labute approximate surface area is 209 Å². The predicted molar refractivity (Wildman–Crippen MR) is 142 cm³/mol. The van der Waals surface area contributed by atoms with Gasteiger partial charge in [0.2, 0.25) is 0 Å². The van der Waals surface area contributed by atoms with Crippen LogP contribution in [0.5, 0.6) is 0 Å². The number of fused-ring (bicyclic) bond motifs is 2. The second-order valence-corrected chi connectivity index (χ2v) is 11.6. The monoisotopic (exact) mass is 473 g/mol. The smallest absolute Gasteiger partial charge is 0.303 e. The van der Waals surface area contributed by atoms with Crippen molar-refractivity contribution in [1.29, 1.82) is 0 Å². The number of likely N-dealkylation sites (N-methyl/N-ethyl adjacent to an activating group) is 1. The summed E-state index contributed by atoms with van der Waals surface area (Å²) < 4.78 is 6.72. The van der Waals surface area contributed by atoms with Crippen LogP contribution in [0, 0.1) is 16.7 Å². The van der Waals surface area contributed by atoms with Gasteiger partial charge >= 0.3 is 5.97 Å². The Morgan fingerprint density at radius 1 is 1.03 bits per heavy atom. The number of rotatable bonds is 13. The van der Waals surface area contributed by atoms with Crippen molar-refractivity contribution in [3.05, 3.63) is 35.9 Å². The summed E-state index contributed by atoms with van der Waals surface area (Å²) >= 11 is 0. The van der Waals surface area contributed by atoms with Gasteiger partial charge in [-0.1, -0.05) is 96.6 Å². The fourth-order valence-electron chi connectivity index (χ4n) is 6.33. The van der Waals surface area contributed by atoms with Crippen LogP contribution in [0.2, 0.25) is 0 Å². The first-order chi connectivity index (χ1) is 16.1. The Balaban J connectivity index is 0.000000292. The number of unbranched alkanes of at least 4 members (excludes halogenated alkanes) is 6. The molecule has 4 nitrogen and oxygen atoms in total. The molecule has 1 aromatic carbocycles. The maximum Gasteiger partial charge on any atom is 0.303 e. The van der Waals surface area contributed by atoms with Crippen LogP contribution in [0.15, 0.2) is 30.3 Å². The van der Waals surface area contributed by atoms with Crippen LogP contribution in [0.25, 0.3) is 0 Å². The van der Waals surface area contributed by atoms with Gasteiger partial charge in [-0.15, -0.1) is 0 Å². The van der Waals surface area contributed by atoms with Gasteiger partial charge in [0, 0.05) is 18.4 Å². The molecule has 2 aliphatic rings. The summed E-state index contributed by atoms with van der Waals surface area (Å²) in [7, 11) is 4.23. The second-order valence-electron chi connectivity index (χ2n) is 11.6. The van der Waals surface area contributed by atoms with E-state index in [1.54, 1.807) is 0 Å². The number of carboxylic acids is 1. The SMILES string of the molecule is CCCCCCCCCC(=O)O.CN(C)CCO[C@]1(c2ccccc2)C[C@H]2CC[C@]1(C)C2(C)C. The van der Waals surface area contributed by atoms with Crippen molar-refractivity contribution in [2.24, 2.45) is 16.7 Å². The summed E-state index contributed by atoms with van der Waals surface area (Å²) in [6.45, 7) is 11.4. The molecule has 0 aliphatic heterocycles. The molecule has 0 heterocycles. The molecule has 3 rings (SSSR count). The lowest BCUT2D eigenvalue weighted by molar-refractivity contribution is -0.148. The van der Waals surface area contributed by atoms with E-state index in [9.17, 15) is 4.79 Å². The van der Waals surface area contributed by atoms with Crippen LogP contribution in [0.1, 0.15) is 104 Å². The molecule has 1 aromatic rings. The number of aliphatic carboxylic acids is 1. The molecular weight excluding hydrogens is 422 g/mol. The standard InChI is InChI=1S/C20H31NO.C10H20O2/c1-18(2)17-11-12-19(18,3)20(15-17,22-14-13-21(4)5)16-9-7-6-8-10-16;1-2-3-4-5-6-7-8-9-10(11)12/h6-10,17H,11-15H2,1-5H3;2-9H2,1H3,(H,11,12)/t17-,19-,20+;/m1./s1. The number of carbonyl (C=O) groups is 1. The van der Waals surface area contributed by atoms with E-state index in [2.05, 4.69) is 77.0 Å². The third-order valence-corrected chi connectivity index (χ3v) is 8.98. The van der Waals surface area contributed by atoms with Gasteiger partial charge in [0.1, 0.15) is 0 Å². The number of nitrogens with zero attached hydrogens (tertiary/aromatic N) is 1. The lowest BCUT2D eigenvalue weighted by Gasteiger charge is -2.49. The van der Waals surface area contributed by atoms with Crippen LogP contribution in [-0.4, -0.2) is 43.2 Å². The molecule has 0 spiro atoms. The lowest BCUT2D eigenvalue weighted by Crippen LogP contribution is -2.47. The van der Waals surface area contributed by atoms with Crippen LogP contribution in [0.4, 0.5) is 0 Å². The molecule has 1 N–H and O–H groups in total. The lowest BCUT2D eigenvalue weighted by atomic mass is 9.62. The molecule has 0 aromatic heterocycles. The van der Waals surface area contributed by atoms with Crippen molar-refractivity contribution in [2.75, 3.05) is 27.2 Å². The van der Waals surface area contributed by atoms with Crippen LogP contribution < -0.4 is 0 Å². The zero-order valence-corrected chi connectivity index (χ0v) is 22.9. The van der Waals surface area contributed by atoms with Crippen LogP contribution in [0.3, 0.4) is 0 Å². The molecule has 194 valence electrons. The molecule has 0 amide bonds. The van der Waals surface area contributed by atoms with E-state index in [0.29, 0.717) is 11.8 Å². The maximum absolute atomic E-state index is 10.1. The summed E-state index contributed by atoms with van der Waals surface area (Å²) in [5.74, 6) is 0.112. The number of carboxylic acid groups (broad SMARTS) is 1. The Morgan fingerprint density at radius 3 is 2.15 bits per heavy atom. The fraction of sp³-hybridized carbons (Fsp3) is 0.767. The van der Waals surface area contributed by atoms with Gasteiger partial charge < -0.3 is 14.7 Å². The highest BCUT2D eigenvalue weighted by molar-refractivity contribution is 5.66. The summed E-state index contributed by atoms with van der Waals surface area (Å²) in [5, 5.41) is 8.35. The minimum absolute atomic E-state index is 0.114. The highest BCUT2D eigenvalue weighted by atomic mass is 16.5. The van der Waals surface area contributed by atoms with Crippen molar-refractivity contribution < 1.29 is 14.6 Å². The van der Waals surface area contributed by atoms with Gasteiger partial charge in [0.25, 0.3) is 0 Å². The zero-order chi connectivity index (χ0) is 25.2. The van der Waals surface area contributed by atoms with Gasteiger partial charge in [-0.3, -0.25) is 4.79 Å². The van der Waals surface area contributed by atoms with E-state index >= 15 is 0 Å². The molecule has 2 aliphatic carbocycles. The topological polar surface area (TPSA) is 49.8 Å². The van der Waals surface area contributed by atoms with Gasteiger partial charge in [-0.05, 0) is 56.7 Å². The van der Waals surface area contributed by atoms with Crippen LogP contribution >= 0.6 is 0 Å². The molecule has 2 fully saturated rings. The molecule has 0 saturated heterocycles. The molecule has 0 unspecified atom stereocenters. The molecule has 34 heavy (non-hydrogen) atoms. The summed E-state index contributed by atoms with van der Waals surface area (Å²) in [6, 6.07) is 11.0. The third kappa shape index (κ3) is 6.63. The number of hydrogen-bond donors (Lipinski definition) is 1. The highest BCUT2D eigenvalue weighted by Gasteiger charge is 2.69. The van der Waals surface area contributed by atoms with Crippen LogP contribution in [-0.2, 0) is 15.1 Å². The van der Waals surface area contributed by atoms with E-state index in [4.69, 9.17) is 9.84 Å². The molecular formula is C30H51NO3. The summed E-state index contributed by atoms with van der Waals surface area (Å²) in [4.78, 5) is 12.3. The number of benzene rings is 1. The normalized spacial score (nSPS) is 27.0. The van der Waals surface area contributed by atoms with E-state index in [-0.39, 0.29) is 11.0 Å². The van der Waals surface area contributed by atoms with Gasteiger partial charge in [-0.25, -0.2) is 0 Å². The minimum atomic E-state index is -0.663. The quantitative estimate of drug-likeness (QED) is 0.301. The maximum atomic E-state index is 10.1. The van der Waals surface area contributed by atoms with E-state index < -0.39 is 5.97 Å².